The van der Waals surface area contributed by atoms with E-state index in [2.05, 4.69) is 11.3 Å². The molecule has 130 valence electrons. The van der Waals surface area contributed by atoms with E-state index in [4.69, 9.17) is 4.74 Å². The number of ether oxygens (including phenoxy) is 1. The monoisotopic (exact) mass is 362 g/mol. The molecule has 1 rings (SSSR count). The first kappa shape index (κ1) is 19.7. The number of amides is 1. The van der Waals surface area contributed by atoms with Crippen LogP contribution in [0.3, 0.4) is 0 Å². The first-order valence-corrected chi connectivity index (χ1v) is 9.83. The third-order valence-electron chi connectivity index (χ3n) is 3.02. The second kappa shape index (κ2) is 9.09. The van der Waals surface area contributed by atoms with Gasteiger partial charge in [0.2, 0.25) is 10.0 Å². The van der Waals surface area contributed by atoms with E-state index in [1.54, 1.807) is 17.1 Å². The van der Waals surface area contributed by atoms with Gasteiger partial charge < -0.3 is 9.64 Å². The fourth-order valence-corrected chi connectivity index (χ4v) is 3.57. The Balaban J connectivity index is 2.69. The van der Waals surface area contributed by atoms with Gasteiger partial charge in [-0.25, -0.2) is 17.9 Å². The highest BCUT2D eigenvalue weighted by molar-refractivity contribution is 8.14. The molecule has 9 heteroatoms. The molecule has 1 aliphatic heterocycles. The molecule has 1 N–H and O–H groups in total. The molecule has 0 aromatic rings. The zero-order valence-corrected chi connectivity index (χ0v) is 14.9. The predicted octanol–water partition coefficient (Wildman–Crippen LogP) is 1.14. The van der Waals surface area contributed by atoms with Crippen LogP contribution in [0.1, 0.15) is 13.3 Å². The maximum absolute atomic E-state index is 12.1. The second-order valence-electron chi connectivity index (χ2n) is 5.10. The van der Waals surface area contributed by atoms with E-state index in [0.29, 0.717) is 13.0 Å². The van der Waals surface area contributed by atoms with E-state index in [1.165, 1.54) is 24.8 Å². The lowest BCUT2D eigenvalue weighted by Gasteiger charge is -2.21. The maximum atomic E-state index is 12.1. The zero-order valence-electron chi connectivity index (χ0n) is 13.2. The van der Waals surface area contributed by atoms with Crippen LogP contribution >= 0.6 is 11.8 Å². The number of hydrogen-bond donors (Lipinski definition) is 1. The van der Waals surface area contributed by atoms with Gasteiger partial charge in [0.25, 0.3) is 0 Å². The van der Waals surface area contributed by atoms with Crippen molar-refractivity contribution in [3.05, 3.63) is 24.8 Å². The van der Waals surface area contributed by atoms with Crippen molar-refractivity contribution in [2.75, 3.05) is 26.0 Å². The summed E-state index contributed by atoms with van der Waals surface area (Å²) in [5, 5.41) is -0.000852. The second-order valence-corrected chi connectivity index (χ2v) is 8.41. The van der Waals surface area contributed by atoms with Crippen molar-refractivity contribution in [2.24, 2.45) is 0 Å². The molecule has 0 radical (unpaired) electrons. The van der Waals surface area contributed by atoms with E-state index in [-0.39, 0.29) is 29.6 Å². The van der Waals surface area contributed by atoms with Gasteiger partial charge >= 0.3 is 6.09 Å². The smallest absolute Gasteiger partial charge is 0.410 e. The Bertz CT molecular complexity index is 574. The van der Waals surface area contributed by atoms with Crippen LogP contribution in [0.25, 0.3) is 0 Å². The lowest BCUT2D eigenvalue weighted by atomic mass is 10.2. The van der Waals surface area contributed by atoms with Crippen molar-refractivity contribution in [1.29, 1.82) is 0 Å². The van der Waals surface area contributed by atoms with Crippen LogP contribution in [-0.2, 0) is 19.6 Å². The highest BCUT2D eigenvalue weighted by Crippen LogP contribution is 2.29. The summed E-state index contributed by atoms with van der Waals surface area (Å²) in [6.07, 6.45) is 6.12. The molecule has 1 heterocycles. The Kier molecular flexibility index (Phi) is 7.80. The van der Waals surface area contributed by atoms with Crippen LogP contribution in [0.5, 0.6) is 0 Å². The molecule has 0 bridgehead atoms. The van der Waals surface area contributed by atoms with Crippen LogP contribution in [0.15, 0.2) is 24.8 Å². The van der Waals surface area contributed by atoms with Gasteiger partial charge in [-0.3, -0.25) is 4.79 Å². The molecule has 1 saturated heterocycles. The summed E-state index contributed by atoms with van der Waals surface area (Å²) < 4.78 is 29.4. The Hall–Kier alpha value is -1.32. The van der Waals surface area contributed by atoms with Crippen LogP contribution < -0.4 is 4.72 Å². The van der Waals surface area contributed by atoms with Crippen molar-refractivity contribution in [1.82, 2.24) is 9.62 Å². The van der Waals surface area contributed by atoms with E-state index >= 15 is 0 Å². The summed E-state index contributed by atoms with van der Waals surface area (Å²) in [5.41, 5.74) is 0. The van der Waals surface area contributed by atoms with E-state index < -0.39 is 16.1 Å². The van der Waals surface area contributed by atoms with Crippen LogP contribution in [-0.4, -0.2) is 61.8 Å². The molecule has 0 aromatic carbocycles. The van der Waals surface area contributed by atoms with Crippen LogP contribution in [0.4, 0.5) is 4.79 Å². The molecule has 0 aromatic heterocycles. The summed E-state index contributed by atoms with van der Waals surface area (Å²) in [7, 11) is -3.25. The van der Waals surface area contributed by atoms with Gasteiger partial charge in [0.1, 0.15) is 6.61 Å². The molecule has 2 atom stereocenters. The number of likely N-dealkylation sites (tertiary alicyclic amines) is 1. The number of carbonyl (C=O) groups excluding carboxylic acids is 2. The Labute approximate surface area is 141 Å². The summed E-state index contributed by atoms with van der Waals surface area (Å²) in [6.45, 7) is 5.66. The zero-order chi connectivity index (χ0) is 17.5. The van der Waals surface area contributed by atoms with E-state index in [9.17, 15) is 18.0 Å². The fraction of sp³-hybridized carbons (Fsp3) is 0.571. The Morgan fingerprint density at radius 2 is 2.17 bits per heavy atom. The summed E-state index contributed by atoms with van der Waals surface area (Å²) in [5.74, 6) is 0. The first-order valence-electron chi connectivity index (χ1n) is 7.05. The SMILES string of the molecule is C=CCOC(=O)N1C[C@@H](SC(C)=O)C[C@H]1C=CCNS(C)(=O)=O. The third-order valence-corrected chi connectivity index (χ3v) is 4.72. The van der Waals surface area contributed by atoms with Gasteiger partial charge in [0, 0.05) is 25.3 Å². The standard InChI is InChI=1S/C14H22N2O5S2/c1-4-8-21-14(18)16-10-13(22-11(2)17)9-12(16)6-5-7-15-23(3,19)20/h4-6,12-13,15H,1,7-10H2,2-3H3/t12-,13+/m1/s1. The van der Waals surface area contributed by atoms with Crippen molar-refractivity contribution in [2.45, 2.75) is 24.6 Å². The van der Waals surface area contributed by atoms with Gasteiger partial charge in [-0.15, -0.1) is 0 Å². The number of carbonyl (C=O) groups is 2. The molecule has 1 fully saturated rings. The fourth-order valence-electron chi connectivity index (χ4n) is 2.18. The summed E-state index contributed by atoms with van der Waals surface area (Å²) >= 11 is 1.20. The Morgan fingerprint density at radius 1 is 1.48 bits per heavy atom. The topological polar surface area (TPSA) is 92.8 Å². The van der Waals surface area contributed by atoms with Gasteiger partial charge in [-0.05, 0) is 6.42 Å². The Morgan fingerprint density at radius 3 is 2.74 bits per heavy atom. The number of rotatable bonds is 7. The van der Waals surface area contributed by atoms with E-state index in [0.717, 1.165) is 6.26 Å². The van der Waals surface area contributed by atoms with Crippen molar-refractivity contribution in [3.63, 3.8) is 0 Å². The molecule has 0 unspecified atom stereocenters. The summed E-state index contributed by atoms with van der Waals surface area (Å²) in [6, 6.07) is -0.231. The van der Waals surface area contributed by atoms with Crippen molar-refractivity contribution < 1.29 is 22.7 Å². The van der Waals surface area contributed by atoms with Crippen LogP contribution in [0, 0.1) is 0 Å². The molecule has 7 nitrogen and oxygen atoms in total. The lowest BCUT2D eigenvalue weighted by molar-refractivity contribution is -0.109. The highest BCUT2D eigenvalue weighted by atomic mass is 32.2. The number of nitrogens with zero attached hydrogens (tertiary/aromatic N) is 1. The number of hydrogen-bond acceptors (Lipinski definition) is 6. The van der Waals surface area contributed by atoms with Gasteiger partial charge in [-0.2, -0.15) is 0 Å². The normalized spacial score (nSPS) is 21.6. The quantitative estimate of drug-likeness (QED) is 0.683. The largest absolute Gasteiger partial charge is 0.445 e. The third kappa shape index (κ3) is 7.67. The summed E-state index contributed by atoms with van der Waals surface area (Å²) in [4.78, 5) is 24.8. The van der Waals surface area contributed by atoms with Crippen LogP contribution in [0.2, 0.25) is 0 Å². The lowest BCUT2D eigenvalue weighted by Crippen LogP contribution is -2.35. The minimum atomic E-state index is -3.25. The van der Waals surface area contributed by atoms with Crippen molar-refractivity contribution >= 4 is 33.0 Å². The number of sulfonamides is 1. The minimum absolute atomic E-state index is 0.00120. The molecule has 23 heavy (non-hydrogen) atoms. The number of nitrogens with one attached hydrogen (secondary N) is 1. The maximum Gasteiger partial charge on any atom is 0.410 e. The molecule has 0 saturated carbocycles. The van der Waals surface area contributed by atoms with Gasteiger partial charge in [0.15, 0.2) is 5.12 Å². The highest BCUT2D eigenvalue weighted by Gasteiger charge is 2.35. The molecule has 1 aliphatic rings. The average molecular weight is 362 g/mol. The molecule has 1 amide bonds. The van der Waals surface area contributed by atoms with E-state index in [1.807, 2.05) is 0 Å². The molecule has 0 aliphatic carbocycles. The van der Waals surface area contributed by atoms with Gasteiger partial charge in [-0.1, -0.05) is 36.6 Å². The van der Waals surface area contributed by atoms with Gasteiger partial charge in [0.05, 0.1) is 12.3 Å². The van der Waals surface area contributed by atoms with Crippen molar-refractivity contribution in [3.8, 4) is 0 Å². The molecular weight excluding hydrogens is 340 g/mol. The average Bonchev–Trinajstić information content (AvgIpc) is 2.82. The minimum Gasteiger partial charge on any atom is -0.445 e. The number of thioether (sulfide) groups is 1. The predicted molar refractivity (Wildman–Crippen MR) is 90.7 cm³/mol. The molecular formula is C14H22N2O5S2. The molecule has 0 spiro atoms. The first-order chi connectivity index (χ1) is 10.7.